The van der Waals surface area contributed by atoms with E-state index in [4.69, 9.17) is 5.73 Å². The van der Waals surface area contributed by atoms with Crippen LogP contribution in [-0.2, 0) is 9.59 Å². The number of hydrogen-bond donors (Lipinski definition) is 1. The number of primary amides is 1. The first-order valence-electron chi connectivity index (χ1n) is 9.13. The number of nitrogens with zero attached hydrogens (tertiary/aromatic N) is 3. The van der Waals surface area contributed by atoms with E-state index in [0.29, 0.717) is 44.2 Å². The SMILES string of the molecule is CC(C)N1CCN(C(=O)c2cccc(N3CCCC3=O)c2)C(C(N)=O)C1. The molecule has 7 nitrogen and oxygen atoms in total. The quantitative estimate of drug-likeness (QED) is 0.864. The minimum absolute atomic E-state index is 0.0789. The molecule has 0 bridgehead atoms. The fourth-order valence-corrected chi connectivity index (χ4v) is 3.65. The standard InChI is InChI=1S/C19H26N4O3/c1-13(2)21-9-10-23(16(12-21)18(20)25)19(26)14-5-3-6-15(11-14)22-8-4-7-17(22)24/h3,5-6,11,13,16H,4,7-10,12H2,1-2H3,(H2,20,25). The van der Waals surface area contributed by atoms with Crippen molar-refractivity contribution in [1.82, 2.24) is 9.80 Å². The molecule has 2 fully saturated rings. The predicted molar refractivity (Wildman–Crippen MR) is 98.8 cm³/mol. The highest BCUT2D eigenvalue weighted by molar-refractivity contribution is 6.00. The first-order valence-corrected chi connectivity index (χ1v) is 9.13. The molecule has 26 heavy (non-hydrogen) atoms. The topological polar surface area (TPSA) is 86.9 Å². The summed E-state index contributed by atoms with van der Waals surface area (Å²) < 4.78 is 0. The van der Waals surface area contributed by atoms with Gasteiger partial charge >= 0.3 is 0 Å². The first kappa shape index (κ1) is 18.4. The number of benzene rings is 1. The van der Waals surface area contributed by atoms with E-state index in [-0.39, 0.29) is 11.8 Å². The van der Waals surface area contributed by atoms with Crippen molar-refractivity contribution in [1.29, 1.82) is 0 Å². The Morgan fingerprint density at radius 1 is 1.19 bits per heavy atom. The Balaban J connectivity index is 1.82. The number of hydrogen-bond acceptors (Lipinski definition) is 4. The molecular formula is C19H26N4O3. The Morgan fingerprint density at radius 2 is 1.96 bits per heavy atom. The molecular weight excluding hydrogens is 332 g/mol. The molecule has 0 saturated carbocycles. The van der Waals surface area contributed by atoms with Crippen LogP contribution in [0.1, 0.15) is 37.0 Å². The smallest absolute Gasteiger partial charge is 0.254 e. The summed E-state index contributed by atoms with van der Waals surface area (Å²) in [6.45, 7) is 6.41. The van der Waals surface area contributed by atoms with Crippen LogP contribution in [0.2, 0.25) is 0 Å². The summed E-state index contributed by atoms with van der Waals surface area (Å²) in [4.78, 5) is 42.4. The third kappa shape index (κ3) is 3.58. The van der Waals surface area contributed by atoms with Crippen molar-refractivity contribution in [2.45, 2.75) is 38.8 Å². The van der Waals surface area contributed by atoms with Crippen LogP contribution >= 0.6 is 0 Å². The maximum Gasteiger partial charge on any atom is 0.254 e. The van der Waals surface area contributed by atoms with E-state index >= 15 is 0 Å². The molecule has 3 rings (SSSR count). The lowest BCUT2D eigenvalue weighted by Crippen LogP contribution is -2.61. The highest BCUT2D eigenvalue weighted by Crippen LogP contribution is 2.24. The van der Waals surface area contributed by atoms with Crippen LogP contribution in [0.4, 0.5) is 5.69 Å². The molecule has 1 aromatic carbocycles. The van der Waals surface area contributed by atoms with Gasteiger partial charge in [0.1, 0.15) is 6.04 Å². The van der Waals surface area contributed by atoms with Gasteiger partial charge in [-0.15, -0.1) is 0 Å². The van der Waals surface area contributed by atoms with E-state index in [1.54, 1.807) is 28.0 Å². The molecule has 2 aliphatic rings. The fourth-order valence-electron chi connectivity index (χ4n) is 3.65. The molecule has 1 atom stereocenters. The van der Waals surface area contributed by atoms with Crippen LogP contribution in [0.15, 0.2) is 24.3 Å². The van der Waals surface area contributed by atoms with E-state index in [1.807, 2.05) is 6.07 Å². The normalized spacial score (nSPS) is 21.5. The highest BCUT2D eigenvalue weighted by Gasteiger charge is 2.35. The first-order chi connectivity index (χ1) is 12.4. The lowest BCUT2D eigenvalue weighted by molar-refractivity contribution is -0.124. The summed E-state index contributed by atoms with van der Waals surface area (Å²) in [5, 5.41) is 0. The van der Waals surface area contributed by atoms with Gasteiger partial charge in [-0.2, -0.15) is 0 Å². The maximum atomic E-state index is 13.0. The largest absolute Gasteiger partial charge is 0.368 e. The molecule has 2 saturated heterocycles. The summed E-state index contributed by atoms with van der Waals surface area (Å²) in [5.41, 5.74) is 6.78. The lowest BCUT2D eigenvalue weighted by Gasteiger charge is -2.41. The van der Waals surface area contributed by atoms with Gasteiger partial charge in [-0.1, -0.05) is 6.07 Å². The second-order valence-corrected chi connectivity index (χ2v) is 7.20. The van der Waals surface area contributed by atoms with E-state index in [9.17, 15) is 14.4 Å². The zero-order chi connectivity index (χ0) is 18.8. The lowest BCUT2D eigenvalue weighted by atomic mass is 10.1. The molecule has 3 amide bonds. The van der Waals surface area contributed by atoms with Crippen molar-refractivity contribution in [3.8, 4) is 0 Å². The molecule has 2 aliphatic heterocycles. The van der Waals surface area contributed by atoms with E-state index in [2.05, 4.69) is 18.7 Å². The van der Waals surface area contributed by atoms with Crippen LogP contribution in [-0.4, -0.2) is 65.8 Å². The van der Waals surface area contributed by atoms with Crippen LogP contribution in [0.25, 0.3) is 0 Å². The van der Waals surface area contributed by atoms with Crippen LogP contribution in [0.5, 0.6) is 0 Å². The minimum atomic E-state index is -0.643. The van der Waals surface area contributed by atoms with Crippen LogP contribution in [0, 0.1) is 0 Å². The third-order valence-electron chi connectivity index (χ3n) is 5.21. The number of amides is 3. The highest BCUT2D eigenvalue weighted by atomic mass is 16.2. The second kappa shape index (κ2) is 7.45. The van der Waals surface area contributed by atoms with Gasteiger partial charge in [0.15, 0.2) is 0 Å². The van der Waals surface area contributed by atoms with Gasteiger partial charge < -0.3 is 15.5 Å². The van der Waals surface area contributed by atoms with Gasteiger partial charge in [-0.3, -0.25) is 19.3 Å². The average Bonchev–Trinajstić information content (AvgIpc) is 3.06. The monoisotopic (exact) mass is 358 g/mol. The Kier molecular flexibility index (Phi) is 5.27. The Labute approximate surface area is 153 Å². The number of carbonyl (C=O) groups is 3. The summed E-state index contributed by atoms with van der Waals surface area (Å²) in [7, 11) is 0. The molecule has 7 heteroatoms. The second-order valence-electron chi connectivity index (χ2n) is 7.20. The molecule has 0 spiro atoms. The summed E-state index contributed by atoms with van der Waals surface area (Å²) in [6.07, 6.45) is 1.37. The van der Waals surface area contributed by atoms with Crippen LogP contribution < -0.4 is 10.6 Å². The number of rotatable bonds is 4. The van der Waals surface area contributed by atoms with Crippen molar-refractivity contribution in [2.75, 3.05) is 31.1 Å². The average molecular weight is 358 g/mol. The molecule has 0 radical (unpaired) electrons. The Bertz CT molecular complexity index is 718. The number of carbonyl (C=O) groups excluding carboxylic acids is 3. The molecule has 1 aromatic rings. The summed E-state index contributed by atoms with van der Waals surface area (Å²) >= 11 is 0. The van der Waals surface area contributed by atoms with Crippen LogP contribution in [0.3, 0.4) is 0 Å². The van der Waals surface area contributed by atoms with Gasteiger partial charge in [0.05, 0.1) is 0 Å². The Hall–Kier alpha value is -2.41. The van der Waals surface area contributed by atoms with Crippen molar-refractivity contribution in [2.24, 2.45) is 5.73 Å². The van der Waals surface area contributed by atoms with E-state index in [0.717, 1.165) is 12.1 Å². The van der Waals surface area contributed by atoms with Gasteiger partial charge in [0.25, 0.3) is 5.91 Å². The van der Waals surface area contributed by atoms with Gasteiger partial charge in [-0.25, -0.2) is 0 Å². The van der Waals surface area contributed by atoms with Crippen molar-refractivity contribution < 1.29 is 14.4 Å². The van der Waals surface area contributed by atoms with Crippen molar-refractivity contribution in [3.63, 3.8) is 0 Å². The maximum absolute atomic E-state index is 13.0. The van der Waals surface area contributed by atoms with Crippen molar-refractivity contribution in [3.05, 3.63) is 29.8 Å². The Morgan fingerprint density at radius 3 is 2.58 bits per heavy atom. The molecule has 2 heterocycles. The zero-order valence-electron chi connectivity index (χ0n) is 15.4. The van der Waals surface area contributed by atoms with Gasteiger partial charge in [0.2, 0.25) is 11.8 Å². The number of piperazine rings is 1. The van der Waals surface area contributed by atoms with Gasteiger partial charge in [0, 0.05) is 49.9 Å². The third-order valence-corrected chi connectivity index (χ3v) is 5.21. The minimum Gasteiger partial charge on any atom is -0.368 e. The number of anilines is 1. The van der Waals surface area contributed by atoms with E-state index in [1.165, 1.54) is 0 Å². The molecule has 140 valence electrons. The summed E-state index contributed by atoms with van der Waals surface area (Å²) in [5.74, 6) is -0.629. The molecule has 0 aromatic heterocycles. The van der Waals surface area contributed by atoms with E-state index < -0.39 is 11.9 Å². The molecule has 2 N–H and O–H groups in total. The molecule has 0 aliphatic carbocycles. The van der Waals surface area contributed by atoms with Gasteiger partial charge in [-0.05, 0) is 38.5 Å². The predicted octanol–water partition coefficient (Wildman–Crippen LogP) is 0.834. The number of nitrogens with two attached hydrogens (primary N) is 1. The molecule has 1 unspecified atom stereocenters. The zero-order valence-corrected chi connectivity index (χ0v) is 15.4. The fraction of sp³-hybridized carbons (Fsp3) is 0.526. The summed E-state index contributed by atoms with van der Waals surface area (Å²) in [6, 6.07) is 6.71. The van der Waals surface area contributed by atoms with Crippen molar-refractivity contribution >= 4 is 23.4 Å².